The summed E-state index contributed by atoms with van der Waals surface area (Å²) in [6.45, 7) is 4.40. The van der Waals surface area contributed by atoms with Crippen LogP contribution < -0.4 is 14.8 Å². The third-order valence-electron chi connectivity index (χ3n) is 4.80. The fraction of sp³-hybridized carbons (Fsp3) is 0.200. The lowest BCUT2D eigenvalue weighted by molar-refractivity contribution is -0.113. The number of ether oxygens (including phenoxy) is 2. The number of nitrogens with one attached hydrogen (secondary N) is 1. The first kappa shape index (κ1) is 23.7. The third-order valence-corrected chi connectivity index (χ3v) is 6.95. The van der Waals surface area contributed by atoms with E-state index in [1.165, 1.54) is 11.8 Å². The summed E-state index contributed by atoms with van der Waals surface area (Å²) in [7, 11) is 1.65. The van der Waals surface area contributed by atoms with E-state index in [-0.39, 0.29) is 11.7 Å². The molecule has 0 unspecified atom stereocenters. The molecule has 0 aliphatic heterocycles. The number of thioether (sulfide) groups is 1. The summed E-state index contributed by atoms with van der Waals surface area (Å²) in [6.07, 6.45) is 0. The van der Waals surface area contributed by atoms with Gasteiger partial charge in [-0.05, 0) is 50.2 Å². The van der Waals surface area contributed by atoms with Gasteiger partial charge in [0.1, 0.15) is 27.2 Å². The Labute approximate surface area is 206 Å². The van der Waals surface area contributed by atoms with E-state index < -0.39 is 0 Å². The second-order valence-electron chi connectivity index (χ2n) is 7.19. The van der Waals surface area contributed by atoms with Gasteiger partial charge < -0.3 is 14.8 Å². The number of carbonyl (C=O) groups excluding carboxylic acids is 1. The number of hydrogen-bond acceptors (Lipinski definition) is 8. The van der Waals surface area contributed by atoms with Crippen molar-refractivity contribution in [1.82, 2.24) is 15.2 Å². The molecule has 0 atom stereocenters. The Balaban J connectivity index is 1.40. The molecule has 4 aromatic rings. The third kappa shape index (κ3) is 5.73. The van der Waals surface area contributed by atoms with Crippen LogP contribution in [0.1, 0.15) is 12.6 Å². The van der Waals surface area contributed by atoms with Gasteiger partial charge in [0.05, 0.1) is 35.7 Å². The number of anilines is 1. The highest BCUT2D eigenvalue weighted by Gasteiger charge is 2.14. The quantitative estimate of drug-likeness (QED) is 0.299. The van der Waals surface area contributed by atoms with E-state index in [0.29, 0.717) is 23.1 Å². The van der Waals surface area contributed by atoms with Crippen molar-refractivity contribution >= 4 is 34.7 Å². The summed E-state index contributed by atoms with van der Waals surface area (Å²) >= 11 is 2.89. The van der Waals surface area contributed by atoms with Crippen molar-refractivity contribution in [3.05, 3.63) is 66.4 Å². The Morgan fingerprint density at radius 2 is 1.94 bits per heavy atom. The molecule has 7 nitrogen and oxygen atoms in total. The molecular weight excluding hydrogens is 468 g/mol. The van der Waals surface area contributed by atoms with E-state index >= 15 is 0 Å². The van der Waals surface area contributed by atoms with Gasteiger partial charge in [-0.1, -0.05) is 36.0 Å². The van der Waals surface area contributed by atoms with E-state index in [4.69, 9.17) is 14.5 Å². The van der Waals surface area contributed by atoms with Gasteiger partial charge in [-0.3, -0.25) is 4.79 Å². The molecule has 0 radical (unpaired) electrons. The number of aromatic nitrogens is 3. The molecule has 1 N–H and O–H groups in total. The summed E-state index contributed by atoms with van der Waals surface area (Å²) in [5, 5.41) is 13.1. The number of thiazole rings is 1. The van der Waals surface area contributed by atoms with Crippen LogP contribution in [-0.2, 0) is 4.79 Å². The Morgan fingerprint density at radius 3 is 2.71 bits per heavy atom. The van der Waals surface area contributed by atoms with Crippen LogP contribution in [-0.4, -0.2) is 40.6 Å². The standard InChI is InChI=1S/C25H24N4O3S2/c1-4-32-21-11-6-5-10-19(21)27-22(30)15-33-23-13-12-20(28-29-23)24-16(2)26-25(34-24)17-8-7-9-18(14-17)31-3/h5-14H,4,15H2,1-3H3,(H,27,30). The van der Waals surface area contributed by atoms with E-state index in [9.17, 15) is 4.79 Å². The molecular formula is C25H24N4O3S2. The summed E-state index contributed by atoms with van der Waals surface area (Å²) in [4.78, 5) is 18.1. The van der Waals surface area contributed by atoms with Crippen LogP contribution in [0.2, 0.25) is 0 Å². The maximum Gasteiger partial charge on any atom is 0.234 e. The molecule has 9 heteroatoms. The molecule has 0 spiro atoms. The maximum absolute atomic E-state index is 12.4. The van der Waals surface area contributed by atoms with Crippen molar-refractivity contribution in [2.75, 3.05) is 24.8 Å². The first-order valence-electron chi connectivity index (χ1n) is 10.7. The zero-order chi connectivity index (χ0) is 23.9. The molecule has 2 aromatic carbocycles. The lowest BCUT2D eigenvalue weighted by Gasteiger charge is -2.10. The molecule has 0 aliphatic rings. The zero-order valence-corrected chi connectivity index (χ0v) is 20.7. The molecule has 2 aromatic heterocycles. The summed E-state index contributed by atoms with van der Waals surface area (Å²) in [5.41, 5.74) is 3.30. The minimum atomic E-state index is -0.135. The molecule has 2 heterocycles. The van der Waals surface area contributed by atoms with Crippen molar-refractivity contribution in [3.63, 3.8) is 0 Å². The number of para-hydroxylation sites is 2. The number of nitrogens with zero attached hydrogens (tertiary/aromatic N) is 3. The number of aryl methyl sites for hydroxylation is 1. The molecule has 0 fully saturated rings. The summed E-state index contributed by atoms with van der Waals surface area (Å²) < 4.78 is 10.9. The molecule has 0 saturated heterocycles. The maximum atomic E-state index is 12.4. The SMILES string of the molecule is CCOc1ccccc1NC(=O)CSc1ccc(-c2sc(-c3cccc(OC)c3)nc2C)nn1. The number of carbonyl (C=O) groups is 1. The number of hydrogen-bond donors (Lipinski definition) is 1. The first-order chi connectivity index (χ1) is 16.6. The highest BCUT2D eigenvalue weighted by Crippen LogP contribution is 2.35. The van der Waals surface area contributed by atoms with Crippen molar-refractivity contribution in [1.29, 1.82) is 0 Å². The van der Waals surface area contributed by atoms with Gasteiger partial charge in [0.15, 0.2) is 0 Å². The monoisotopic (exact) mass is 492 g/mol. The summed E-state index contributed by atoms with van der Waals surface area (Å²) in [5.74, 6) is 1.53. The molecule has 0 aliphatic carbocycles. The van der Waals surface area contributed by atoms with Gasteiger partial charge in [0.2, 0.25) is 5.91 Å². The van der Waals surface area contributed by atoms with Crippen molar-refractivity contribution in [3.8, 4) is 32.6 Å². The lowest BCUT2D eigenvalue weighted by atomic mass is 10.2. The van der Waals surface area contributed by atoms with Crippen LogP contribution >= 0.6 is 23.1 Å². The summed E-state index contributed by atoms with van der Waals surface area (Å²) in [6, 6.07) is 19.0. The fourth-order valence-electron chi connectivity index (χ4n) is 3.21. The zero-order valence-electron chi connectivity index (χ0n) is 19.1. The van der Waals surface area contributed by atoms with Crippen LogP contribution in [0, 0.1) is 6.92 Å². The number of rotatable bonds is 9. The minimum absolute atomic E-state index is 0.135. The Bertz CT molecular complexity index is 1280. The largest absolute Gasteiger partial charge is 0.497 e. The van der Waals surface area contributed by atoms with E-state index in [2.05, 4.69) is 15.5 Å². The van der Waals surface area contributed by atoms with E-state index in [1.54, 1.807) is 18.4 Å². The Morgan fingerprint density at radius 1 is 1.09 bits per heavy atom. The van der Waals surface area contributed by atoms with E-state index in [1.807, 2.05) is 74.5 Å². The van der Waals surface area contributed by atoms with Crippen LogP contribution in [0.3, 0.4) is 0 Å². The predicted octanol–water partition coefficient (Wildman–Crippen LogP) is 5.71. The number of methoxy groups -OCH3 is 1. The first-order valence-corrected chi connectivity index (χ1v) is 12.5. The van der Waals surface area contributed by atoms with E-state index in [0.717, 1.165) is 32.6 Å². The average molecular weight is 493 g/mol. The van der Waals surface area contributed by atoms with Crippen LogP contribution in [0.5, 0.6) is 11.5 Å². The molecule has 4 rings (SSSR count). The van der Waals surface area contributed by atoms with Crippen LogP contribution in [0.4, 0.5) is 5.69 Å². The van der Waals surface area contributed by atoms with Gasteiger partial charge in [0, 0.05) is 5.56 Å². The van der Waals surface area contributed by atoms with Crippen molar-refractivity contribution in [2.45, 2.75) is 18.9 Å². The van der Waals surface area contributed by atoms with Gasteiger partial charge in [-0.2, -0.15) is 0 Å². The second kappa shape index (κ2) is 11.1. The second-order valence-corrected chi connectivity index (χ2v) is 9.18. The Hall–Kier alpha value is -3.43. The molecule has 0 saturated carbocycles. The van der Waals surface area contributed by atoms with Crippen LogP contribution in [0.15, 0.2) is 65.7 Å². The topological polar surface area (TPSA) is 86.2 Å². The van der Waals surface area contributed by atoms with Crippen molar-refractivity contribution in [2.24, 2.45) is 0 Å². The fourth-order valence-corrected chi connectivity index (χ4v) is 4.85. The van der Waals surface area contributed by atoms with Gasteiger partial charge in [-0.15, -0.1) is 21.5 Å². The average Bonchev–Trinajstić information content (AvgIpc) is 3.26. The molecule has 0 bridgehead atoms. The van der Waals surface area contributed by atoms with Gasteiger partial charge >= 0.3 is 0 Å². The van der Waals surface area contributed by atoms with Gasteiger partial charge in [0.25, 0.3) is 0 Å². The van der Waals surface area contributed by atoms with Crippen LogP contribution in [0.25, 0.3) is 21.1 Å². The van der Waals surface area contributed by atoms with Gasteiger partial charge in [-0.25, -0.2) is 4.98 Å². The number of amides is 1. The molecule has 34 heavy (non-hydrogen) atoms. The molecule has 1 amide bonds. The highest BCUT2D eigenvalue weighted by atomic mass is 32.2. The smallest absolute Gasteiger partial charge is 0.234 e. The Kier molecular flexibility index (Phi) is 7.76. The van der Waals surface area contributed by atoms with Crippen molar-refractivity contribution < 1.29 is 14.3 Å². The highest BCUT2D eigenvalue weighted by molar-refractivity contribution is 7.99. The minimum Gasteiger partial charge on any atom is -0.497 e. The normalized spacial score (nSPS) is 10.7. The number of benzene rings is 2. The predicted molar refractivity (Wildman–Crippen MR) is 137 cm³/mol. The lowest BCUT2D eigenvalue weighted by Crippen LogP contribution is -2.15. The molecule has 174 valence electrons.